The van der Waals surface area contributed by atoms with Crippen LogP contribution in [0.4, 0.5) is 0 Å². The average molecular weight is 170 g/mol. The van der Waals surface area contributed by atoms with Crippen molar-refractivity contribution in [2.75, 3.05) is 0 Å². The molecule has 0 aromatic heterocycles. The van der Waals surface area contributed by atoms with Crippen LogP contribution in [0.5, 0.6) is 0 Å². The van der Waals surface area contributed by atoms with Crippen LogP contribution in [-0.2, 0) is 0 Å². The lowest BCUT2D eigenvalue weighted by Crippen LogP contribution is -2.09. The maximum Gasteiger partial charge on any atom is 0.0540 e. The van der Waals surface area contributed by atoms with E-state index in [0.717, 1.165) is 12.8 Å². The van der Waals surface area contributed by atoms with E-state index in [1.807, 2.05) is 0 Å². The highest BCUT2D eigenvalue weighted by atomic mass is 16.3. The first-order valence-corrected chi connectivity index (χ1v) is 5.57. The Labute approximate surface area is 76.2 Å². The molecule has 0 spiro atoms. The smallest absolute Gasteiger partial charge is 0.0540 e. The van der Waals surface area contributed by atoms with Gasteiger partial charge in [-0.1, -0.05) is 51.4 Å². The lowest BCUT2D eigenvalue weighted by Gasteiger charge is -2.14. The number of aliphatic hydroxyl groups excluding tert-OH is 1. The average Bonchev–Trinajstić information content (AvgIpc) is 2.62. The fourth-order valence-electron chi connectivity index (χ4n) is 1.96. The highest BCUT2D eigenvalue weighted by Crippen LogP contribution is 2.16. The van der Waals surface area contributed by atoms with Gasteiger partial charge in [0.25, 0.3) is 0 Å². The number of rotatable bonds is 0. The normalized spacial score (nSPS) is 24.8. The number of aliphatic hydroxyl groups is 1. The first-order valence-electron chi connectivity index (χ1n) is 5.57. The Bertz CT molecular complexity index is 83.6. The summed E-state index contributed by atoms with van der Waals surface area (Å²) in [7, 11) is 0. The summed E-state index contributed by atoms with van der Waals surface area (Å²) in [5.74, 6) is 0. The summed E-state index contributed by atoms with van der Waals surface area (Å²) in [6.07, 6.45) is 13.4. The maximum absolute atomic E-state index is 8.91. The van der Waals surface area contributed by atoms with E-state index in [1.165, 1.54) is 51.4 Å². The Morgan fingerprint density at radius 2 is 0.917 bits per heavy atom. The van der Waals surface area contributed by atoms with Gasteiger partial charge < -0.3 is 5.11 Å². The molecule has 1 heteroatoms. The monoisotopic (exact) mass is 170 g/mol. The summed E-state index contributed by atoms with van der Waals surface area (Å²) >= 11 is 0. The van der Waals surface area contributed by atoms with Gasteiger partial charge in [-0.15, -0.1) is 0 Å². The van der Waals surface area contributed by atoms with E-state index in [9.17, 15) is 0 Å². The highest BCUT2D eigenvalue weighted by Gasteiger charge is 2.07. The topological polar surface area (TPSA) is 20.2 Å². The zero-order valence-electron chi connectivity index (χ0n) is 8.10. The molecule has 0 aromatic rings. The summed E-state index contributed by atoms with van der Waals surface area (Å²) in [6, 6.07) is 0. The summed E-state index contributed by atoms with van der Waals surface area (Å²) in [5.41, 5.74) is 0. The van der Waals surface area contributed by atoms with Crippen molar-refractivity contribution in [2.24, 2.45) is 0 Å². The van der Waals surface area contributed by atoms with Gasteiger partial charge in [0.1, 0.15) is 0 Å². The molecule has 0 atom stereocenters. The molecule has 0 aliphatic heterocycles. The van der Waals surface area contributed by atoms with E-state index in [1.54, 1.807) is 0 Å². The SMILES string of the molecule is C1CCCC1.OC1CCCCC1. The van der Waals surface area contributed by atoms with Crippen LogP contribution in [0.25, 0.3) is 0 Å². The third-order valence-corrected chi connectivity index (χ3v) is 2.82. The van der Waals surface area contributed by atoms with Crippen LogP contribution in [0.2, 0.25) is 0 Å². The largest absolute Gasteiger partial charge is 0.393 e. The van der Waals surface area contributed by atoms with Crippen molar-refractivity contribution in [2.45, 2.75) is 70.3 Å². The zero-order valence-corrected chi connectivity index (χ0v) is 8.10. The molecule has 0 aromatic carbocycles. The third-order valence-electron chi connectivity index (χ3n) is 2.82. The van der Waals surface area contributed by atoms with Crippen molar-refractivity contribution in [3.8, 4) is 0 Å². The van der Waals surface area contributed by atoms with Crippen LogP contribution >= 0.6 is 0 Å². The lowest BCUT2D eigenvalue weighted by atomic mass is 9.98. The molecule has 2 rings (SSSR count). The molecule has 0 radical (unpaired) electrons. The predicted molar refractivity (Wildman–Crippen MR) is 52.2 cm³/mol. The van der Waals surface area contributed by atoms with E-state index < -0.39 is 0 Å². The van der Waals surface area contributed by atoms with Crippen molar-refractivity contribution < 1.29 is 5.11 Å². The Hall–Kier alpha value is -0.0400. The van der Waals surface area contributed by atoms with Gasteiger partial charge in [-0.2, -0.15) is 0 Å². The van der Waals surface area contributed by atoms with Crippen LogP contribution in [0.15, 0.2) is 0 Å². The second-order valence-corrected chi connectivity index (χ2v) is 4.06. The molecular weight excluding hydrogens is 148 g/mol. The first-order chi connectivity index (χ1) is 5.89. The van der Waals surface area contributed by atoms with Crippen LogP contribution in [0, 0.1) is 0 Å². The van der Waals surface area contributed by atoms with E-state index >= 15 is 0 Å². The third kappa shape index (κ3) is 4.76. The Balaban J connectivity index is 0.000000127. The quantitative estimate of drug-likeness (QED) is 0.591. The van der Waals surface area contributed by atoms with E-state index in [4.69, 9.17) is 5.11 Å². The molecule has 0 amide bonds. The Kier molecular flexibility index (Phi) is 5.42. The van der Waals surface area contributed by atoms with Crippen LogP contribution < -0.4 is 0 Å². The van der Waals surface area contributed by atoms with Crippen molar-refractivity contribution in [3.05, 3.63) is 0 Å². The van der Waals surface area contributed by atoms with Gasteiger partial charge in [0.05, 0.1) is 6.10 Å². The lowest BCUT2D eigenvalue weighted by molar-refractivity contribution is 0.130. The standard InChI is InChI=1S/C6H12O.C5H10/c7-6-4-2-1-3-5-6;1-2-4-5-3-1/h6-7H,1-5H2;1-5H2. The molecule has 0 unspecified atom stereocenters. The maximum atomic E-state index is 8.91. The minimum Gasteiger partial charge on any atom is -0.393 e. The van der Waals surface area contributed by atoms with Gasteiger partial charge in [-0.3, -0.25) is 0 Å². The molecule has 2 fully saturated rings. The van der Waals surface area contributed by atoms with Crippen molar-refractivity contribution in [1.82, 2.24) is 0 Å². The molecule has 1 N–H and O–H groups in total. The molecule has 2 saturated carbocycles. The van der Waals surface area contributed by atoms with E-state index in [2.05, 4.69) is 0 Å². The predicted octanol–water partition coefficient (Wildman–Crippen LogP) is 3.26. The van der Waals surface area contributed by atoms with E-state index in [-0.39, 0.29) is 6.10 Å². The minimum absolute atomic E-state index is 0.0359. The summed E-state index contributed by atoms with van der Waals surface area (Å²) in [4.78, 5) is 0. The second-order valence-electron chi connectivity index (χ2n) is 4.06. The Morgan fingerprint density at radius 1 is 0.583 bits per heavy atom. The fraction of sp³-hybridized carbons (Fsp3) is 1.00. The molecule has 72 valence electrons. The molecule has 2 aliphatic carbocycles. The molecule has 0 heterocycles. The molecule has 1 nitrogen and oxygen atoms in total. The van der Waals surface area contributed by atoms with Crippen molar-refractivity contribution in [3.63, 3.8) is 0 Å². The first kappa shape index (κ1) is 10.0. The number of hydrogen-bond donors (Lipinski definition) is 1. The van der Waals surface area contributed by atoms with Gasteiger partial charge in [0.15, 0.2) is 0 Å². The molecule has 2 aliphatic rings. The molecule has 12 heavy (non-hydrogen) atoms. The van der Waals surface area contributed by atoms with Crippen LogP contribution in [0.3, 0.4) is 0 Å². The highest BCUT2D eigenvalue weighted by molar-refractivity contribution is 4.61. The minimum atomic E-state index is 0.0359. The van der Waals surface area contributed by atoms with Crippen LogP contribution in [-0.4, -0.2) is 11.2 Å². The van der Waals surface area contributed by atoms with Crippen molar-refractivity contribution in [1.29, 1.82) is 0 Å². The van der Waals surface area contributed by atoms with Crippen LogP contribution in [0.1, 0.15) is 64.2 Å². The molecule has 0 bridgehead atoms. The fourth-order valence-corrected chi connectivity index (χ4v) is 1.96. The van der Waals surface area contributed by atoms with Crippen molar-refractivity contribution >= 4 is 0 Å². The van der Waals surface area contributed by atoms with Gasteiger partial charge in [0.2, 0.25) is 0 Å². The Morgan fingerprint density at radius 3 is 1.17 bits per heavy atom. The number of hydrogen-bond acceptors (Lipinski definition) is 1. The summed E-state index contributed by atoms with van der Waals surface area (Å²) in [6.45, 7) is 0. The zero-order chi connectivity index (χ0) is 8.65. The van der Waals surface area contributed by atoms with Gasteiger partial charge in [-0.25, -0.2) is 0 Å². The van der Waals surface area contributed by atoms with E-state index in [0.29, 0.717) is 0 Å². The van der Waals surface area contributed by atoms with Gasteiger partial charge >= 0.3 is 0 Å². The molecule has 0 saturated heterocycles. The second kappa shape index (κ2) is 6.47. The summed E-state index contributed by atoms with van der Waals surface area (Å²) < 4.78 is 0. The van der Waals surface area contributed by atoms with Gasteiger partial charge in [-0.05, 0) is 12.8 Å². The van der Waals surface area contributed by atoms with Gasteiger partial charge in [0, 0.05) is 0 Å². The molecular formula is C11H22O. The summed E-state index contributed by atoms with van der Waals surface area (Å²) in [5, 5.41) is 8.91.